The molecule has 0 aliphatic carbocycles. The van der Waals surface area contributed by atoms with Crippen LogP contribution < -0.4 is 15.8 Å². The summed E-state index contributed by atoms with van der Waals surface area (Å²) in [7, 11) is 0. The molecule has 32 heavy (non-hydrogen) atoms. The maximum atomic E-state index is 13.4. The lowest BCUT2D eigenvalue weighted by molar-refractivity contribution is 0.449. The van der Waals surface area contributed by atoms with Gasteiger partial charge in [-0.15, -0.1) is 24.8 Å². The molecular formula is C23H26Cl2N6O. The zero-order valence-electron chi connectivity index (χ0n) is 17.6. The molecule has 6 rings (SSSR count). The number of piperidine rings is 1. The van der Waals surface area contributed by atoms with Crippen LogP contribution >= 0.6 is 24.8 Å². The van der Waals surface area contributed by atoms with Gasteiger partial charge in [-0.05, 0) is 37.6 Å². The molecule has 1 aromatic carbocycles. The standard InChI is InChI=1S/C23H24N6O.2ClH/c30-23-22-16(4-3-5-20(22)28-15-18-12-19(28)7-9-24-18)13-25-29(23)11-8-17-14-27-10-2-1-6-21(27)26-17;;/h1-6,10,13-14,18-19,24H,7-9,11-12,15H2;2*1H. The van der Waals surface area contributed by atoms with Crippen LogP contribution in [0.3, 0.4) is 0 Å². The molecule has 4 aromatic rings. The van der Waals surface area contributed by atoms with E-state index in [-0.39, 0.29) is 30.4 Å². The predicted molar refractivity (Wildman–Crippen MR) is 132 cm³/mol. The van der Waals surface area contributed by atoms with Gasteiger partial charge in [0.15, 0.2) is 0 Å². The number of aryl methyl sites for hydroxylation is 2. The molecule has 3 aromatic heterocycles. The van der Waals surface area contributed by atoms with Crippen LogP contribution in [0, 0.1) is 0 Å². The Morgan fingerprint density at radius 3 is 2.88 bits per heavy atom. The van der Waals surface area contributed by atoms with E-state index < -0.39 is 0 Å². The van der Waals surface area contributed by atoms with Gasteiger partial charge in [-0.1, -0.05) is 18.2 Å². The lowest BCUT2D eigenvalue weighted by atomic mass is 10.0. The van der Waals surface area contributed by atoms with Crippen molar-refractivity contribution in [2.24, 2.45) is 0 Å². The number of nitrogens with one attached hydrogen (secondary N) is 1. The summed E-state index contributed by atoms with van der Waals surface area (Å²) in [6.07, 6.45) is 8.78. The van der Waals surface area contributed by atoms with E-state index in [9.17, 15) is 4.79 Å². The van der Waals surface area contributed by atoms with Crippen LogP contribution in [0.4, 0.5) is 5.69 Å². The second-order valence-electron chi connectivity index (χ2n) is 8.34. The van der Waals surface area contributed by atoms with E-state index in [0.717, 1.165) is 53.7 Å². The maximum Gasteiger partial charge on any atom is 0.276 e. The third-order valence-electron chi connectivity index (χ3n) is 6.49. The second-order valence-corrected chi connectivity index (χ2v) is 8.34. The summed E-state index contributed by atoms with van der Waals surface area (Å²) in [5.41, 5.74) is 2.92. The van der Waals surface area contributed by atoms with E-state index in [2.05, 4.69) is 26.4 Å². The van der Waals surface area contributed by atoms with E-state index in [0.29, 0.717) is 25.0 Å². The fraction of sp³-hybridized carbons (Fsp3) is 0.348. The quantitative estimate of drug-likeness (QED) is 0.494. The first kappa shape index (κ1) is 22.6. The van der Waals surface area contributed by atoms with Crippen LogP contribution in [-0.4, -0.2) is 44.3 Å². The molecule has 2 aliphatic rings. The Balaban J connectivity index is 0.00000122. The molecule has 2 saturated heterocycles. The van der Waals surface area contributed by atoms with Gasteiger partial charge in [-0.3, -0.25) is 4.79 Å². The average Bonchev–Trinajstić information content (AvgIpc) is 3.32. The Morgan fingerprint density at radius 1 is 1.12 bits per heavy atom. The molecule has 1 N–H and O–H groups in total. The van der Waals surface area contributed by atoms with Crippen molar-refractivity contribution in [3.05, 3.63) is 71.0 Å². The Hall–Kier alpha value is -2.61. The summed E-state index contributed by atoms with van der Waals surface area (Å²) in [6.45, 7) is 2.54. The van der Waals surface area contributed by atoms with E-state index >= 15 is 0 Å². The predicted octanol–water partition coefficient (Wildman–Crippen LogP) is 3.07. The number of pyridine rings is 1. The molecule has 0 spiro atoms. The van der Waals surface area contributed by atoms with Crippen molar-refractivity contribution in [3.8, 4) is 0 Å². The molecule has 5 heterocycles. The lowest BCUT2D eigenvalue weighted by Gasteiger charge is -2.27. The summed E-state index contributed by atoms with van der Waals surface area (Å²) in [5.74, 6) is 0. The minimum atomic E-state index is -0.0127. The van der Waals surface area contributed by atoms with Crippen molar-refractivity contribution in [2.75, 3.05) is 18.0 Å². The topological polar surface area (TPSA) is 67.5 Å². The van der Waals surface area contributed by atoms with Gasteiger partial charge in [-0.2, -0.15) is 5.10 Å². The summed E-state index contributed by atoms with van der Waals surface area (Å²) < 4.78 is 3.60. The van der Waals surface area contributed by atoms with Crippen molar-refractivity contribution < 1.29 is 0 Å². The number of aromatic nitrogens is 4. The van der Waals surface area contributed by atoms with E-state index in [1.807, 2.05) is 53.3 Å². The first-order valence-corrected chi connectivity index (χ1v) is 10.7. The molecule has 2 fully saturated rings. The van der Waals surface area contributed by atoms with Crippen molar-refractivity contribution in [1.29, 1.82) is 0 Å². The zero-order chi connectivity index (χ0) is 20.1. The van der Waals surface area contributed by atoms with Crippen molar-refractivity contribution in [1.82, 2.24) is 24.5 Å². The lowest BCUT2D eigenvalue weighted by Crippen LogP contribution is -2.35. The highest BCUT2D eigenvalue weighted by atomic mass is 35.5. The van der Waals surface area contributed by atoms with Crippen LogP contribution in [0.1, 0.15) is 18.5 Å². The molecule has 168 valence electrons. The monoisotopic (exact) mass is 472 g/mol. The zero-order valence-corrected chi connectivity index (χ0v) is 19.2. The average molecular weight is 473 g/mol. The molecule has 2 atom stereocenters. The Kier molecular flexibility index (Phi) is 6.42. The van der Waals surface area contributed by atoms with E-state index in [1.54, 1.807) is 4.68 Å². The first-order valence-electron chi connectivity index (χ1n) is 10.7. The highest BCUT2D eigenvalue weighted by molar-refractivity contribution is 5.93. The van der Waals surface area contributed by atoms with Gasteiger partial charge in [0.2, 0.25) is 0 Å². The second kappa shape index (κ2) is 9.10. The maximum absolute atomic E-state index is 13.4. The normalized spacial score (nSPS) is 19.7. The number of anilines is 1. The smallest absolute Gasteiger partial charge is 0.276 e. The van der Waals surface area contributed by atoms with Gasteiger partial charge in [-0.25, -0.2) is 9.67 Å². The van der Waals surface area contributed by atoms with Crippen LogP contribution in [0.5, 0.6) is 0 Å². The van der Waals surface area contributed by atoms with Crippen molar-refractivity contribution >= 4 is 46.9 Å². The highest BCUT2D eigenvalue weighted by Crippen LogP contribution is 2.33. The molecule has 2 bridgehead atoms. The molecule has 0 saturated carbocycles. The summed E-state index contributed by atoms with van der Waals surface area (Å²) in [6, 6.07) is 13.1. The van der Waals surface area contributed by atoms with Crippen LogP contribution in [0.15, 0.2) is 59.8 Å². The Morgan fingerprint density at radius 2 is 2.03 bits per heavy atom. The number of imidazole rings is 1. The van der Waals surface area contributed by atoms with Crippen molar-refractivity contribution in [2.45, 2.75) is 37.9 Å². The number of nitrogens with zero attached hydrogens (tertiary/aromatic N) is 5. The van der Waals surface area contributed by atoms with Gasteiger partial charge in [0.05, 0.1) is 29.5 Å². The summed E-state index contributed by atoms with van der Waals surface area (Å²) in [5, 5.41) is 9.74. The number of hydrogen-bond donors (Lipinski definition) is 1. The van der Waals surface area contributed by atoms with Gasteiger partial charge in [0.1, 0.15) is 5.65 Å². The molecule has 2 unspecified atom stereocenters. The number of rotatable bonds is 4. The number of benzene rings is 1. The highest BCUT2D eigenvalue weighted by Gasteiger charge is 2.35. The Bertz CT molecular complexity index is 1270. The largest absolute Gasteiger partial charge is 0.366 e. The van der Waals surface area contributed by atoms with Gasteiger partial charge < -0.3 is 14.6 Å². The fourth-order valence-electron chi connectivity index (χ4n) is 5.03. The molecule has 2 aliphatic heterocycles. The van der Waals surface area contributed by atoms with Gasteiger partial charge >= 0.3 is 0 Å². The SMILES string of the molecule is Cl.Cl.O=c1c2c(N3CC4CC3CCN4)cccc2cnn1CCc1cn2ccccc2n1. The molecule has 9 heteroatoms. The van der Waals surface area contributed by atoms with Crippen molar-refractivity contribution in [3.63, 3.8) is 0 Å². The van der Waals surface area contributed by atoms with E-state index in [4.69, 9.17) is 0 Å². The van der Waals surface area contributed by atoms with Crippen LogP contribution in [0.2, 0.25) is 0 Å². The van der Waals surface area contributed by atoms with Gasteiger partial charge in [0, 0.05) is 42.8 Å². The van der Waals surface area contributed by atoms with E-state index in [1.165, 1.54) is 0 Å². The molecule has 0 radical (unpaired) electrons. The summed E-state index contributed by atoms with van der Waals surface area (Å²) in [4.78, 5) is 20.5. The third kappa shape index (κ3) is 3.85. The fourth-order valence-corrected chi connectivity index (χ4v) is 5.03. The van der Waals surface area contributed by atoms with Gasteiger partial charge in [0.25, 0.3) is 5.56 Å². The minimum Gasteiger partial charge on any atom is -0.366 e. The first-order chi connectivity index (χ1) is 14.8. The minimum absolute atomic E-state index is 0. The number of halogens is 2. The van der Waals surface area contributed by atoms with Crippen LogP contribution in [-0.2, 0) is 13.0 Å². The molecule has 0 amide bonds. The van der Waals surface area contributed by atoms with Crippen LogP contribution in [0.25, 0.3) is 16.4 Å². The summed E-state index contributed by atoms with van der Waals surface area (Å²) >= 11 is 0. The molecular weight excluding hydrogens is 447 g/mol. The Labute approximate surface area is 198 Å². The number of fused-ring (bicyclic) bond motifs is 4. The molecule has 7 nitrogen and oxygen atoms in total. The third-order valence-corrected chi connectivity index (χ3v) is 6.49. The number of hydrogen-bond acceptors (Lipinski definition) is 5.